The highest BCUT2D eigenvalue weighted by atomic mass is 16.4. The predicted molar refractivity (Wildman–Crippen MR) is 84.0 cm³/mol. The number of furan rings is 1. The summed E-state index contributed by atoms with van der Waals surface area (Å²) in [5.41, 5.74) is 1.92. The lowest BCUT2D eigenvalue weighted by Crippen LogP contribution is -2.20. The molecule has 0 saturated heterocycles. The fourth-order valence-electron chi connectivity index (χ4n) is 2.29. The molecule has 0 radical (unpaired) electrons. The van der Waals surface area contributed by atoms with Crippen LogP contribution >= 0.6 is 0 Å². The van der Waals surface area contributed by atoms with E-state index < -0.39 is 11.9 Å². The third kappa shape index (κ3) is 3.27. The minimum atomic E-state index is -0.844. The van der Waals surface area contributed by atoms with Gasteiger partial charge in [-0.25, -0.2) is 4.79 Å². The average molecular weight is 314 g/mol. The van der Waals surface area contributed by atoms with Crippen molar-refractivity contribution in [1.29, 1.82) is 0 Å². The molecule has 2 heterocycles. The highest BCUT2D eigenvalue weighted by Gasteiger charge is 2.16. The number of aromatic nitrogens is 2. The van der Waals surface area contributed by atoms with Crippen LogP contribution in [0.15, 0.2) is 56.3 Å². The van der Waals surface area contributed by atoms with Crippen molar-refractivity contribution in [3.63, 3.8) is 0 Å². The number of aliphatic hydroxyl groups excluding tert-OH is 1. The van der Waals surface area contributed by atoms with Crippen molar-refractivity contribution in [1.82, 2.24) is 9.78 Å². The maximum Gasteiger partial charge on any atom is 0.437 e. The van der Waals surface area contributed by atoms with Crippen LogP contribution in [0.1, 0.15) is 37.0 Å². The fourth-order valence-corrected chi connectivity index (χ4v) is 2.29. The number of benzene rings is 1. The van der Waals surface area contributed by atoms with Crippen molar-refractivity contribution in [2.24, 2.45) is 0 Å². The van der Waals surface area contributed by atoms with E-state index in [1.165, 1.54) is 11.8 Å². The summed E-state index contributed by atoms with van der Waals surface area (Å²) in [7, 11) is 0. The van der Waals surface area contributed by atoms with Gasteiger partial charge in [0, 0.05) is 0 Å². The largest absolute Gasteiger partial charge is 0.459 e. The van der Waals surface area contributed by atoms with Gasteiger partial charge in [-0.05, 0) is 29.2 Å². The van der Waals surface area contributed by atoms with Gasteiger partial charge in [-0.1, -0.05) is 38.1 Å². The molecule has 0 saturated carbocycles. The molecule has 0 amide bonds. The molecule has 0 aliphatic heterocycles. The molecule has 1 atom stereocenters. The second-order valence-electron chi connectivity index (χ2n) is 5.67. The van der Waals surface area contributed by atoms with E-state index in [9.17, 15) is 9.90 Å². The third-order valence-electron chi connectivity index (χ3n) is 3.67. The van der Waals surface area contributed by atoms with Gasteiger partial charge >= 0.3 is 5.76 Å². The van der Waals surface area contributed by atoms with Gasteiger partial charge in [0.05, 0.1) is 18.9 Å². The molecule has 0 spiro atoms. The first kappa shape index (κ1) is 15.3. The Morgan fingerprint density at radius 2 is 1.87 bits per heavy atom. The molecule has 6 nitrogen and oxygen atoms in total. The Kier molecular flexibility index (Phi) is 4.16. The third-order valence-corrected chi connectivity index (χ3v) is 3.67. The van der Waals surface area contributed by atoms with Crippen LogP contribution in [0.25, 0.3) is 11.7 Å². The SMILES string of the molecule is CC(C)c1ccc([C@H](O)Cn2nc(-c3ccco3)oc2=O)cc1. The topological polar surface area (TPSA) is 81.4 Å². The van der Waals surface area contributed by atoms with E-state index in [2.05, 4.69) is 18.9 Å². The number of rotatable bonds is 5. The molecule has 0 bridgehead atoms. The minimum absolute atomic E-state index is 0.0179. The van der Waals surface area contributed by atoms with E-state index >= 15 is 0 Å². The Morgan fingerprint density at radius 3 is 2.48 bits per heavy atom. The van der Waals surface area contributed by atoms with Crippen molar-refractivity contribution in [3.8, 4) is 11.7 Å². The Bertz CT molecular complexity index is 813. The molecule has 0 fully saturated rings. The van der Waals surface area contributed by atoms with Gasteiger partial charge in [-0.3, -0.25) is 0 Å². The summed E-state index contributed by atoms with van der Waals surface area (Å²) in [6.07, 6.45) is 0.628. The van der Waals surface area contributed by atoms with Gasteiger partial charge in [-0.2, -0.15) is 4.68 Å². The van der Waals surface area contributed by atoms with Gasteiger partial charge in [0.15, 0.2) is 5.76 Å². The summed E-state index contributed by atoms with van der Waals surface area (Å²) in [5.74, 6) is 0.267. The summed E-state index contributed by atoms with van der Waals surface area (Å²) in [6.45, 7) is 4.23. The second kappa shape index (κ2) is 6.26. The van der Waals surface area contributed by atoms with Gasteiger partial charge in [0.1, 0.15) is 0 Å². The summed E-state index contributed by atoms with van der Waals surface area (Å²) in [4.78, 5) is 11.8. The molecule has 2 aromatic heterocycles. The van der Waals surface area contributed by atoms with Crippen molar-refractivity contribution in [2.75, 3.05) is 0 Å². The van der Waals surface area contributed by atoms with Crippen LogP contribution in [0.2, 0.25) is 0 Å². The standard InChI is InChI=1S/C17H18N2O4/c1-11(2)12-5-7-13(8-6-12)14(20)10-19-17(21)23-16(18-19)15-4-3-9-22-15/h3-9,11,14,20H,10H2,1-2H3/t14-/m1/s1. The fraction of sp³-hybridized carbons (Fsp3) is 0.294. The molecular formula is C17H18N2O4. The highest BCUT2D eigenvalue weighted by Crippen LogP contribution is 2.20. The number of hydrogen-bond acceptors (Lipinski definition) is 5. The second-order valence-corrected chi connectivity index (χ2v) is 5.67. The maximum atomic E-state index is 11.8. The van der Waals surface area contributed by atoms with Crippen LogP contribution < -0.4 is 5.76 Å². The molecule has 6 heteroatoms. The van der Waals surface area contributed by atoms with Crippen LogP contribution in [0.4, 0.5) is 0 Å². The van der Waals surface area contributed by atoms with E-state index in [1.54, 1.807) is 12.1 Å². The van der Waals surface area contributed by atoms with E-state index in [4.69, 9.17) is 8.83 Å². The number of aliphatic hydroxyl groups is 1. The number of hydrogen-bond donors (Lipinski definition) is 1. The molecule has 3 aromatic rings. The van der Waals surface area contributed by atoms with Gasteiger partial charge < -0.3 is 13.9 Å². The normalized spacial score (nSPS) is 12.7. The van der Waals surface area contributed by atoms with E-state index in [0.717, 1.165) is 10.2 Å². The Hall–Kier alpha value is -2.60. The van der Waals surface area contributed by atoms with E-state index in [1.807, 2.05) is 24.3 Å². The molecule has 23 heavy (non-hydrogen) atoms. The maximum absolute atomic E-state index is 11.8. The molecule has 1 N–H and O–H groups in total. The number of nitrogens with zero attached hydrogens (tertiary/aromatic N) is 2. The highest BCUT2D eigenvalue weighted by molar-refractivity contribution is 5.42. The van der Waals surface area contributed by atoms with Crippen LogP contribution in [-0.2, 0) is 6.54 Å². The average Bonchev–Trinajstić information content (AvgIpc) is 3.18. The quantitative estimate of drug-likeness (QED) is 0.783. The minimum Gasteiger partial charge on any atom is -0.459 e. The summed E-state index contributed by atoms with van der Waals surface area (Å²) < 4.78 is 11.3. The molecule has 1 aromatic carbocycles. The Labute approximate surface area is 133 Å². The zero-order valence-electron chi connectivity index (χ0n) is 13.0. The van der Waals surface area contributed by atoms with Crippen molar-refractivity contribution in [3.05, 3.63) is 64.3 Å². The summed E-state index contributed by atoms with van der Waals surface area (Å²) in [5, 5.41) is 14.4. The Balaban J connectivity index is 1.77. The molecule has 0 aliphatic carbocycles. The first-order valence-corrected chi connectivity index (χ1v) is 7.44. The first-order chi connectivity index (χ1) is 11.0. The van der Waals surface area contributed by atoms with Crippen molar-refractivity contribution < 1.29 is 13.9 Å². The van der Waals surface area contributed by atoms with E-state index in [0.29, 0.717) is 11.7 Å². The van der Waals surface area contributed by atoms with E-state index in [-0.39, 0.29) is 12.4 Å². The molecule has 120 valence electrons. The zero-order chi connectivity index (χ0) is 16.4. The first-order valence-electron chi connectivity index (χ1n) is 7.44. The Morgan fingerprint density at radius 1 is 1.17 bits per heavy atom. The van der Waals surface area contributed by atoms with Crippen LogP contribution in [0.5, 0.6) is 0 Å². The summed E-state index contributed by atoms with van der Waals surface area (Å²) >= 11 is 0. The lowest BCUT2D eigenvalue weighted by molar-refractivity contribution is 0.148. The predicted octanol–water partition coefficient (Wildman–Crippen LogP) is 2.95. The lowest BCUT2D eigenvalue weighted by atomic mass is 10.00. The molecule has 3 rings (SSSR count). The monoisotopic (exact) mass is 314 g/mol. The van der Waals surface area contributed by atoms with Crippen LogP contribution in [-0.4, -0.2) is 14.9 Å². The molecule has 0 unspecified atom stereocenters. The zero-order valence-corrected chi connectivity index (χ0v) is 13.0. The van der Waals surface area contributed by atoms with Gasteiger partial charge in [-0.15, -0.1) is 5.10 Å². The lowest BCUT2D eigenvalue weighted by Gasteiger charge is -2.11. The van der Waals surface area contributed by atoms with Gasteiger partial charge in [0.2, 0.25) is 0 Å². The van der Waals surface area contributed by atoms with Crippen LogP contribution in [0.3, 0.4) is 0 Å². The smallest absolute Gasteiger partial charge is 0.437 e. The van der Waals surface area contributed by atoms with Crippen molar-refractivity contribution >= 4 is 0 Å². The van der Waals surface area contributed by atoms with Gasteiger partial charge in [0.25, 0.3) is 5.89 Å². The molecule has 0 aliphatic rings. The summed E-state index contributed by atoms with van der Waals surface area (Å²) in [6, 6.07) is 11.0. The van der Waals surface area contributed by atoms with Crippen molar-refractivity contribution in [2.45, 2.75) is 32.4 Å². The van der Waals surface area contributed by atoms with Crippen LogP contribution in [0, 0.1) is 0 Å². The molecular weight excluding hydrogens is 296 g/mol.